The molecule has 2 aromatic carbocycles. The molecule has 0 aliphatic carbocycles. The Balaban J connectivity index is 1.62. The second-order valence-electron chi connectivity index (χ2n) is 6.05. The molecular formula is C18H19FN2O3S. The number of carbonyl (C=O) groups is 1. The Morgan fingerprint density at radius 2 is 1.88 bits per heavy atom. The molecule has 0 saturated heterocycles. The third kappa shape index (κ3) is 3.72. The van der Waals surface area contributed by atoms with E-state index in [1.165, 1.54) is 12.1 Å². The highest BCUT2D eigenvalue weighted by molar-refractivity contribution is 7.89. The van der Waals surface area contributed by atoms with Crippen LogP contribution in [0.4, 0.5) is 10.1 Å². The molecule has 1 heterocycles. The molecule has 0 aromatic heterocycles. The number of benzene rings is 2. The number of nitrogens with one attached hydrogen (secondary N) is 1. The number of nitrogens with zero attached hydrogens (tertiary/aromatic N) is 1. The monoisotopic (exact) mass is 362 g/mol. The van der Waals surface area contributed by atoms with Gasteiger partial charge in [0, 0.05) is 24.7 Å². The zero-order valence-electron chi connectivity index (χ0n) is 13.8. The van der Waals surface area contributed by atoms with Crippen molar-refractivity contribution in [1.82, 2.24) is 4.72 Å². The molecule has 0 radical (unpaired) electrons. The molecule has 1 aliphatic heterocycles. The fourth-order valence-corrected chi connectivity index (χ4v) is 4.09. The number of fused-ring (bicyclic) bond motifs is 1. The minimum Gasteiger partial charge on any atom is -0.309 e. The third-order valence-corrected chi connectivity index (χ3v) is 5.71. The topological polar surface area (TPSA) is 66.5 Å². The number of sulfonamides is 1. The minimum atomic E-state index is -3.76. The van der Waals surface area contributed by atoms with Crippen LogP contribution in [0.1, 0.15) is 18.9 Å². The molecule has 132 valence electrons. The summed E-state index contributed by atoms with van der Waals surface area (Å²) in [5, 5.41) is 0. The molecule has 1 atom stereocenters. The fourth-order valence-electron chi connectivity index (χ4n) is 3.06. The molecule has 1 N–H and O–H groups in total. The zero-order valence-corrected chi connectivity index (χ0v) is 14.6. The van der Waals surface area contributed by atoms with E-state index in [9.17, 15) is 17.6 Å². The first-order valence-electron chi connectivity index (χ1n) is 8.04. The highest BCUT2D eigenvalue weighted by Gasteiger charge is 2.30. The lowest BCUT2D eigenvalue weighted by molar-refractivity contribution is -0.118. The van der Waals surface area contributed by atoms with E-state index in [1.54, 1.807) is 4.90 Å². The van der Waals surface area contributed by atoms with Crippen molar-refractivity contribution in [2.24, 2.45) is 0 Å². The van der Waals surface area contributed by atoms with Crippen LogP contribution in [-0.2, 0) is 21.2 Å². The van der Waals surface area contributed by atoms with E-state index in [0.29, 0.717) is 0 Å². The van der Waals surface area contributed by atoms with E-state index < -0.39 is 15.8 Å². The second kappa shape index (κ2) is 6.93. The second-order valence-corrected chi connectivity index (χ2v) is 7.81. The standard InChI is InChI=1S/C18H19FN2O3S/c1-13-12-14-4-2-3-5-17(14)21(13)18(22)10-11-20-25(23,24)16-8-6-15(19)7-9-16/h2-9,13,20H,10-12H2,1H3. The number of anilines is 1. The molecule has 25 heavy (non-hydrogen) atoms. The van der Waals surface area contributed by atoms with Gasteiger partial charge in [-0.2, -0.15) is 0 Å². The Morgan fingerprint density at radius 1 is 1.20 bits per heavy atom. The van der Waals surface area contributed by atoms with E-state index in [-0.39, 0.29) is 29.8 Å². The van der Waals surface area contributed by atoms with Gasteiger partial charge >= 0.3 is 0 Å². The van der Waals surface area contributed by atoms with E-state index in [2.05, 4.69) is 4.72 Å². The van der Waals surface area contributed by atoms with Gasteiger partial charge in [0.1, 0.15) is 5.82 Å². The number of halogens is 1. The number of amides is 1. The smallest absolute Gasteiger partial charge is 0.240 e. The van der Waals surface area contributed by atoms with Gasteiger partial charge in [0.15, 0.2) is 0 Å². The highest BCUT2D eigenvalue weighted by Crippen LogP contribution is 2.32. The van der Waals surface area contributed by atoms with Gasteiger partial charge in [-0.15, -0.1) is 0 Å². The van der Waals surface area contributed by atoms with Crippen LogP contribution in [0.5, 0.6) is 0 Å². The maximum Gasteiger partial charge on any atom is 0.240 e. The number of carbonyl (C=O) groups excluding carboxylic acids is 1. The van der Waals surface area contributed by atoms with Crippen LogP contribution < -0.4 is 9.62 Å². The summed E-state index contributed by atoms with van der Waals surface area (Å²) >= 11 is 0. The Morgan fingerprint density at radius 3 is 2.60 bits per heavy atom. The SMILES string of the molecule is CC1Cc2ccccc2N1C(=O)CCNS(=O)(=O)c1ccc(F)cc1. The van der Waals surface area contributed by atoms with Gasteiger partial charge in [-0.1, -0.05) is 18.2 Å². The fraction of sp³-hybridized carbons (Fsp3) is 0.278. The first-order valence-corrected chi connectivity index (χ1v) is 9.52. The summed E-state index contributed by atoms with van der Waals surface area (Å²) in [6.07, 6.45) is 0.850. The lowest BCUT2D eigenvalue weighted by atomic mass is 10.1. The maximum atomic E-state index is 12.9. The average molecular weight is 362 g/mol. The van der Waals surface area contributed by atoms with Crippen LogP contribution >= 0.6 is 0 Å². The maximum absolute atomic E-state index is 12.9. The van der Waals surface area contributed by atoms with Crippen molar-refractivity contribution >= 4 is 21.6 Å². The molecule has 3 rings (SSSR count). The van der Waals surface area contributed by atoms with Gasteiger partial charge in [-0.05, 0) is 49.2 Å². The van der Waals surface area contributed by atoms with Crippen molar-refractivity contribution in [3.8, 4) is 0 Å². The summed E-state index contributed by atoms with van der Waals surface area (Å²) < 4.78 is 39.6. The van der Waals surface area contributed by atoms with Gasteiger partial charge < -0.3 is 4.90 Å². The first-order chi connectivity index (χ1) is 11.9. The van der Waals surface area contributed by atoms with E-state index in [0.717, 1.165) is 29.8 Å². The number of hydrogen-bond donors (Lipinski definition) is 1. The number of hydrogen-bond acceptors (Lipinski definition) is 3. The van der Waals surface area contributed by atoms with Crippen LogP contribution in [0.15, 0.2) is 53.4 Å². The number of para-hydroxylation sites is 1. The van der Waals surface area contributed by atoms with Crippen molar-refractivity contribution in [1.29, 1.82) is 0 Å². The third-order valence-electron chi connectivity index (χ3n) is 4.23. The zero-order chi connectivity index (χ0) is 18.0. The number of rotatable bonds is 5. The van der Waals surface area contributed by atoms with Crippen LogP contribution in [0.3, 0.4) is 0 Å². The van der Waals surface area contributed by atoms with Crippen LogP contribution in [0.2, 0.25) is 0 Å². The molecule has 0 fully saturated rings. The summed E-state index contributed by atoms with van der Waals surface area (Å²) in [7, 11) is -3.76. The Bertz CT molecular complexity index is 881. The molecule has 1 aliphatic rings. The Labute approximate surface area is 146 Å². The molecule has 0 bridgehead atoms. The molecule has 5 nitrogen and oxygen atoms in total. The summed E-state index contributed by atoms with van der Waals surface area (Å²) in [5.74, 6) is -0.630. The van der Waals surface area contributed by atoms with Crippen molar-refractivity contribution in [3.63, 3.8) is 0 Å². The minimum absolute atomic E-state index is 0.00999. The van der Waals surface area contributed by atoms with Gasteiger partial charge in [-0.25, -0.2) is 17.5 Å². The molecule has 7 heteroatoms. The molecule has 0 saturated carbocycles. The van der Waals surface area contributed by atoms with E-state index in [1.807, 2.05) is 31.2 Å². The normalized spacial score (nSPS) is 16.7. The molecular weight excluding hydrogens is 343 g/mol. The van der Waals surface area contributed by atoms with Crippen molar-refractivity contribution in [3.05, 3.63) is 59.9 Å². The van der Waals surface area contributed by atoms with Gasteiger partial charge in [-0.3, -0.25) is 4.79 Å². The predicted molar refractivity (Wildman–Crippen MR) is 93.3 cm³/mol. The largest absolute Gasteiger partial charge is 0.309 e. The lowest BCUT2D eigenvalue weighted by Crippen LogP contribution is -2.38. The Hall–Kier alpha value is -2.25. The molecule has 1 amide bonds. The van der Waals surface area contributed by atoms with Crippen molar-refractivity contribution < 1.29 is 17.6 Å². The van der Waals surface area contributed by atoms with Crippen molar-refractivity contribution in [2.45, 2.75) is 30.7 Å². The molecule has 0 spiro atoms. The van der Waals surface area contributed by atoms with Crippen LogP contribution in [-0.4, -0.2) is 26.9 Å². The van der Waals surface area contributed by atoms with Crippen LogP contribution in [0.25, 0.3) is 0 Å². The van der Waals surface area contributed by atoms with Gasteiger partial charge in [0.05, 0.1) is 4.90 Å². The van der Waals surface area contributed by atoms with Crippen LogP contribution in [0, 0.1) is 5.82 Å². The summed E-state index contributed by atoms with van der Waals surface area (Å²) in [5.41, 5.74) is 2.01. The van der Waals surface area contributed by atoms with Gasteiger partial charge in [0.25, 0.3) is 0 Å². The molecule has 2 aromatic rings. The predicted octanol–water partition coefficient (Wildman–Crippen LogP) is 2.47. The highest BCUT2D eigenvalue weighted by atomic mass is 32.2. The quantitative estimate of drug-likeness (QED) is 0.889. The van der Waals surface area contributed by atoms with Gasteiger partial charge in [0.2, 0.25) is 15.9 Å². The van der Waals surface area contributed by atoms with E-state index >= 15 is 0 Å². The van der Waals surface area contributed by atoms with Crippen molar-refractivity contribution in [2.75, 3.05) is 11.4 Å². The Kier molecular flexibility index (Phi) is 4.87. The summed E-state index contributed by atoms with van der Waals surface area (Å²) in [6.45, 7) is 1.96. The summed E-state index contributed by atoms with van der Waals surface area (Å²) in [6, 6.07) is 12.3. The summed E-state index contributed by atoms with van der Waals surface area (Å²) in [4.78, 5) is 14.2. The first kappa shape index (κ1) is 17.6. The lowest BCUT2D eigenvalue weighted by Gasteiger charge is -2.22. The van der Waals surface area contributed by atoms with E-state index in [4.69, 9.17) is 0 Å². The average Bonchev–Trinajstić information content (AvgIpc) is 2.90. The molecule has 1 unspecified atom stereocenters.